The van der Waals surface area contributed by atoms with Gasteiger partial charge in [0, 0.05) is 19.5 Å². The maximum atomic E-state index is 13.4. The van der Waals surface area contributed by atoms with Gasteiger partial charge in [0.1, 0.15) is 6.17 Å². The number of hydrogen-bond acceptors (Lipinski definition) is 2. The fourth-order valence-electron chi connectivity index (χ4n) is 3.04. The van der Waals surface area contributed by atoms with Gasteiger partial charge < -0.3 is 5.11 Å². The van der Waals surface area contributed by atoms with Crippen molar-refractivity contribution in [2.45, 2.75) is 24.7 Å². The lowest BCUT2D eigenvalue weighted by Gasteiger charge is -2.30. The van der Waals surface area contributed by atoms with E-state index >= 15 is 0 Å². The van der Waals surface area contributed by atoms with Gasteiger partial charge in [-0.2, -0.15) is 0 Å². The van der Waals surface area contributed by atoms with E-state index in [9.17, 15) is 9.50 Å². The van der Waals surface area contributed by atoms with Crippen LogP contribution in [0.4, 0.5) is 4.39 Å². The largest absolute Gasteiger partial charge is 0.394 e. The number of alkyl halides is 1. The van der Waals surface area contributed by atoms with E-state index in [2.05, 4.69) is 11.0 Å². The number of aliphatic hydroxyl groups excluding tert-OH is 1. The van der Waals surface area contributed by atoms with Gasteiger partial charge in [-0.25, -0.2) is 4.39 Å². The highest BCUT2D eigenvalue weighted by atomic mass is 19.1. The summed E-state index contributed by atoms with van der Waals surface area (Å²) in [5, 5.41) is 9.58. The third-order valence-corrected chi connectivity index (χ3v) is 3.72. The van der Waals surface area contributed by atoms with Gasteiger partial charge in [0.25, 0.3) is 0 Å². The average molecular weight is 207 g/mol. The molecule has 3 rings (SSSR count). The molecule has 2 nitrogen and oxygen atoms in total. The Morgan fingerprint density at radius 3 is 3.07 bits per heavy atom. The Morgan fingerprint density at radius 1 is 1.47 bits per heavy atom. The van der Waals surface area contributed by atoms with Crippen molar-refractivity contribution in [1.29, 1.82) is 0 Å². The van der Waals surface area contributed by atoms with Crippen LogP contribution in [0, 0.1) is 0 Å². The van der Waals surface area contributed by atoms with E-state index in [1.807, 2.05) is 18.2 Å². The first-order valence-corrected chi connectivity index (χ1v) is 5.35. The SMILES string of the molecule is OC[C@]12C[C@@H](F)CN1Cc1ccccc12. The molecular weight excluding hydrogens is 193 g/mol. The number of benzene rings is 1. The highest BCUT2D eigenvalue weighted by Gasteiger charge is 2.51. The molecule has 80 valence electrons. The molecule has 0 aliphatic carbocycles. The molecule has 1 aromatic carbocycles. The van der Waals surface area contributed by atoms with Crippen LogP contribution < -0.4 is 0 Å². The molecule has 0 unspecified atom stereocenters. The molecule has 2 heterocycles. The smallest absolute Gasteiger partial charge is 0.115 e. The zero-order valence-electron chi connectivity index (χ0n) is 8.49. The van der Waals surface area contributed by atoms with Crippen LogP contribution in [0.2, 0.25) is 0 Å². The minimum Gasteiger partial charge on any atom is -0.394 e. The molecule has 0 radical (unpaired) electrons. The first-order valence-electron chi connectivity index (χ1n) is 5.35. The predicted molar refractivity (Wildman–Crippen MR) is 55.1 cm³/mol. The molecule has 0 aromatic heterocycles. The molecule has 1 saturated heterocycles. The number of nitrogens with zero attached hydrogens (tertiary/aromatic N) is 1. The molecule has 0 bridgehead atoms. The molecular formula is C12H14FNO. The van der Waals surface area contributed by atoms with Gasteiger partial charge in [0.2, 0.25) is 0 Å². The Balaban J connectivity index is 2.12. The molecule has 2 aliphatic heterocycles. The van der Waals surface area contributed by atoms with Gasteiger partial charge >= 0.3 is 0 Å². The molecule has 1 fully saturated rings. The number of rotatable bonds is 1. The molecule has 1 N–H and O–H groups in total. The second-order valence-corrected chi connectivity index (χ2v) is 4.53. The highest BCUT2D eigenvalue weighted by Crippen LogP contribution is 2.46. The van der Waals surface area contributed by atoms with Crippen molar-refractivity contribution in [3.05, 3.63) is 35.4 Å². The van der Waals surface area contributed by atoms with Crippen molar-refractivity contribution in [2.75, 3.05) is 13.2 Å². The second kappa shape index (κ2) is 3.03. The van der Waals surface area contributed by atoms with Crippen LogP contribution in [-0.2, 0) is 12.1 Å². The van der Waals surface area contributed by atoms with Crippen molar-refractivity contribution in [3.63, 3.8) is 0 Å². The molecule has 2 atom stereocenters. The Labute approximate surface area is 88.3 Å². The fourth-order valence-corrected chi connectivity index (χ4v) is 3.04. The summed E-state index contributed by atoms with van der Waals surface area (Å²) in [6, 6.07) is 8.05. The van der Waals surface area contributed by atoms with Crippen molar-refractivity contribution in [2.24, 2.45) is 0 Å². The molecule has 0 amide bonds. The monoisotopic (exact) mass is 207 g/mol. The molecule has 1 aromatic rings. The van der Waals surface area contributed by atoms with Crippen molar-refractivity contribution in [3.8, 4) is 0 Å². The first-order chi connectivity index (χ1) is 7.26. The lowest BCUT2D eigenvalue weighted by molar-refractivity contribution is 0.0752. The Kier molecular flexibility index (Phi) is 1.88. The average Bonchev–Trinajstić information content (AvgIpc) is 2.69. The van der Waals surface area contributed by atoms with Gasteiger partial charge in [0.15, 0.2) is 0 Å². The molecule has 15 heavy (non-hydrogen) atoms. The van der Waals surface area contributed by atoms with Crippen molar-refractivity contribution in [1.82, 2.24) is 4.90 Å². The summed E-state index contributed by atoms with van der Waals surface area (Å²) in [4.78, 5) is 2.07. The maximum absolute atomic E-state index is 13.4. The fraction of sp³-hybridized carbons (Fsp3) is 0.500. The summed E-state index contributed by atoms with van der Waals surface area (Å²) >= 11 is 0. The normalized spacial score (nSPS) is 34.1. The summed E-state index contributed by atoms with van der Waals surface area (Å²) in [5.41, 5.74) is 1.92. The van der Waals surface area contributed by atoms with E-state index in [0.717, 1.165) is 12.1 Å². The van der Waals surface area contributed by atoms with Gasteiger partial charge in [-0.05, 0) is 11.1 Å². The minimum atomic E-state index is -0.800. The lowest BCUT2D eigenvalue weighted by atomic mass is 9.88. The molecule has 3 heteroatoms. The van der Waals surface area contributed by atoms with Crippen LogP contribution in [-0.4, -0.2) is 29.3 Å². The van der Waals surface area contributed by atoms with E-state index < -0.39 is 11.7 Å². The number of hydrogen-bond donors (Lipinski definition) is 1. The molecule has 0 saturated carbocycles. The number of halogens is 1. The lowest BCUT2D eigenvalue weighted by Crippen LogP contribution is -2.38. The van der Waals surface area contributed by atoms with Gasteiger partial charge in [-0.15, -0.1) is 0 Å². The van der Waals surface area contributed by atoms with Crippen LogP contribution in [0.5, 0.6) is 0 Å². The summed E-state index contributed by atoms with van der Waals surface area (Å²) < 4.78 is 13.4. The number of aliphatic hydroxyl groups is 1. The summed E-state index contributed by atoms with van der Waals surface area (Å²) in [5.74, 6) is 0. The zero-order valence-corrected chi connectivity index (χ0v) is 8.49. The van der Waals surface area contributed by atoms with Crippen LogP contribution in [0.25, 0.3) is 0 Å². The van der Waals surface area contributed by atoms with Gasteiger partial charge in [-0.3, -0.25) is 4.90 Å². The Bertz CT molecular complexity index is 395. The van der Waals surface area contributed by atoms with E-state index in [-0.39, 0.29) is 6.61 Å². The van der Waals surface area contributed by atoms with Gasteiger partial charge in [-0.1, -0.05) is 24.3 Å². The quantitative estimate of drug-likeness (QED) is 0.753. The number of fused-ring (bicyclic) bond motifs is 3. The Morgan fingerprint density at radius 2 is 2.27 bits per heavy atom. The van der Waals surface area contributed by atoms with E-state index in [1.165, 1.54) is 5.56 Å². The van der Waals surface area contributed by atoms with E-state index in [0.29, 0.717) is 13.0 Å². The third-order valence-electron chi connectivity index (χ3n) is 3.72. The van der Waals surface area contributed by atoms with Crippen LogP contribution in [0.1, 0.15) is 17.5 Å². The topological polar surface area (TPSA) is 23.5 Å². The van der Waals surface area contributed by atoms with Crippen LogP contribution in [0.15, 0.2) is 24.3 Å². The maximum Gasteiger partial charge on any atom is 0.115 e. The van der Waals surface area contributed by atoms with E-state index in [4.69, 9.17) is 0 Å². The minimum absolute atomic E-state index is 0.0183. The third kappa shape index (κ3) is 1.11. The first kappa shape index (κ1) is 9.31. The van der Waals surface area contributed by atoms with Crippen LogP contribution in [0.3, 0.4) is 0 Å². The van der Waals surface area contributed by atoms with Crippen LogP contribution >= 0.6 is 0 Å². The molecule has 2 aliphatic rings. The zero-order chi connectivity index (χ0) is 10.5. The highest BCUT2D eigenvalue weighted by molar-refractivity contribution is 5.40. The summed E-state index contributed by atoms with van der Waals surface area (Å²) in [6.45, 7) is 1.25. The second-order valence-electron chi connectivity index (χ2n) is 4.53. The van der Waals surface area contributed by atoms with E-state index in [1.54, 1.807) is 0 Å². The molecule has 0 spiro atoms. The standard InChI is InChI=1S/C12H14FNO/c13-10-5-12(8-15)11-4-2-1-3-9(11)6-14(12)7-10/h1-4,10,15H,5-8H2/t10-,12+/m1/s1. The Hall–Kier alpha value is -0.930. The van der Waals surface area contributed by atoms with Crippen molar-refractivity contribution < 1.29 is 9.50 Å². The predicted octanol–water partition coefficient (Wildman–Crippen LogP) is 1.43. The van der Waals surface area contributed by atoms with Crippen molar-refractivity contribution >= 4 is 0 Å². The summed E-state index contributed by atoms with van der Waals surface area (Å²) in [7, 11) is 0. The summed E-state index contributed by atoms with van der Waals surface area (Å²) in [6.07, 6.45) is -0.369. The van der Waals surface area contributed by atoms with Gasteiger partial charge in [0.05, 0.1) is 12.1 Å².